The molecule has 8 heteroatoms. The van der Waals surface area contributed by atoms with Gasteiger partial charge >= 0.3 is 0 Å². The maximum Gasteiger partial charge on any atom is 0.288 e. The third-order valence-corrected chi connectivity index (χ3v) is 4.53. The van der Waals surface area contributed by atoms with E-state index in [1.54, 1.807) is 5.38 Å². The molecule has 1 fully saturated rings. The first-order chi connectivity index (χ1) is 9.00. The highest BCUT2D eigenvalue weighted by Gasteiger charge is 2.33. The average molecular weight is 309 g/mol. The summed E-state index contributed by atoms with van der Waals surface area (Å²) in [5.41, 5.74) is -1.05. The minimum atomic E-state index is -2.56. The van der Waals surface area contributed by atoms with Crippen LogP contribution in [0, 0.1) is 0 Å². The smallest absolute Gasteiger partial charge is 0.288 e. The van der Waals surface area contributed by atoms with E-state index in [1.807, 2.05) is 0 Å². The number of halogens is 2. The predicted molar refractivity (Wildman–Crippen MR) is 68.9 cm³/mol. The topological polar surface area (TPSA) is 58.6 Å². The monoisotopic (exact) mass is 309 g/mol. The molecule has 1 amide bonds. The molecule has 2 N–H and O–H groups in total. The van der Waals surface area contributed by atoms with Crippen molar-refractivity contribution in [3.8, 4) is 0 Å². The molecule has 0 saturated carbocycles. The normalized spacial score (nSPS) is 22.9. The van der Waals surface area contributed by atoms with Gasteiger partial charge in [0.2, 0.25) is 0 Å². The van der Waals surface area contributed by atoms with Crippen molar-refractivity contribution in [2.24, 2.45) is 0 Å². The highest BCUT2D eigenvalue weighted by Crippen LogP contribution is 2.32. The van der Waals surface area contributed by atoms with Crippen LogP contribution < -0.4 is 5.32 Å². The molecule has 1 aromatic rings. The number of thiophene rings is 1. The molecule has 19 heavy (non-hydrogen) atoms. The maximum atomic E-state index is 12.3. The van der Waals surface area contributed by atoms with Crippen LogP contribution in [0.4, 0.5) is 8.78 Å². The van der Waals surface area contributed by atoms with Crippen molar-refractivity contribution < 1.29 is 23.4 Å². The average Bonchev–Trinajstić information content (AvgIpc) is 2.95. The van der Waals surface area contributed by atoms with Gasteiger partial charge in [0, 0.05) is 24.5 Å². The van der Waals surface area contributed by atoms with Crippen LogP contribution in [0.3, 0.4) is 0 Å². The Kier molecular flexibility index (Phi) is 4.77. The molecule has 0 radical (unpaired) electrons. The summed E-state index contributed by atoms with van der Waals surface area (Å²) in [7, 11) is 0. The van der Waals surface area contributed by atoms with Crippen LogP contribution >= 0.6 is 23.1 Å². The van der Waals surface area contributed by atoms with Crippen LogP contribution in [0.25, 0.3) is 0 Å². The molecule has 0 spiro atoms. The van der Waals surface area contributed by atoms with Gasteiger partial charge in [-0.1, -0.05) is 11.8 Å². The van der Waals surface area contributed by atoms with E-state index >= 15 is 0 Å². The molecule has 1 saturated heterocycles. The number of thioether (sulfide) groups is 1. The van der Waals surface area contributed by atoms with E-state index in [1.165, 1.54) is 6.07 Å². The van der Waals surface area contributed by atoms with Crippen molar-refractivity contribution in [3.05, 3.63) is 16.3 Å². The molecule has 1 aliphatic heterocycles. The number of nitrogens with one attached hydrogen (secondary N) is 1. The molecular weight excluding hydrogens is 296 g/mol. The zero-order chi connectivity index (χ0) is 13.9. The second-order valence-electron chi connectivity index (χ2n) is 4.20. The van der Waals surface area contributed by atoms with Crippen molar-refractivity contribution >= 4 is 29.0 Å². The third kappa shape index (κ3) is 3.88. The Hall–Kier alpha value is -0.700. The molecule has 4 nitrogen and oxygen atoms in total. The summed E-state index contributed by atoms with van der Waals surface area (Å²) in [6, 6.07) is 1.49. The van der Waals surface area contributed by atoms with E-state index in [0.717, 1.165) is 11.3 Å². The molecule has 0 unspecified atom stereocenters. The fourth-order valence-corrected chi connectivity index (χ4v) is 3.33. The fourth-order valence-electron chi connectivity index (χ4n) is 1.71. The number of carbonyl (C=O) groups is 1. The summed E-state index contributed by atoms with van der Waals surface area (Å²) in [5.74, 6) is -3.01. The van der Waals surface area contributed by atoms with Crippen molar-refractivity contribution in [2.45, 2.75) is 22.7 Å². The van der Waals surface area contributed by atoms with Gasteiger partial charge < -0.3 is 15.2 Å². The van der Waals surface area contributed by atoms with E-state index in [9.17, 15) is 18.7 Å². The number of alkyl halides is 2. The SMILES string of the molecule is O=C(NC[C@@]1(O)CCOC1)c1sccc1SC(F)F. The zero-order valence-electron chi connectivity index (χ0n) is 9.90. The molecule has 0 aromatic carbocycles. The second-order valence-corrected chi connectivity index (χ2v) is 6.15. The highest BCUT2D eigenvalue weighted by atomic mass is 32.2. The fraction of sp³-hybridized carbons (Fsp3) is 0.545. The number of ether oxygens (including phenoxy) is 1. The van der Waals surface area contributed by atoms with Gasteiger partial charge in [-0.15, -0.1) is 11.3 Å². The molecular formula is C11H13F2NO3S2. The van der Waals surface area contributed by atoms with Gasteiger partial charge in [-0.05, 0) is 11.4 Å². The largest absolute Gasteiger partial charge is 0.386 e. The Bertz CT molecular complexity index is 447. The number of hydrogen-bond donors (Lipinski definition) is 2. The van der Waals surface area contributed by atoms with E-state index in [2.05, 4.69) is 5.32 Å². The number of amides is 1. The van der Waals surface area contributed by atoms with Crippen LogP contribution in [0.15, 0.2) is 16.3 Å². The van der Waals surface area contributed by atoms with Crippen LogP contribution in [0.5, 0.6) is 0 Å². The summed E-state index contributed by atoms with van der Waals surface area (Å²) in [6.45, 7) is 0.691. The van der Waals surface area contributed by atoms with Gasteiger partial charge in [0.1, 0.15) is 10.5 Å². The van der Waals surface area contributed by atoms with E-state index < -0.39 is 17.3 Å². The summed E-state index contributed by atoms with van der Waals surface area (Å²) >= 11 is 1.45. The van der Waals surface area contributed by atoms with Gasteiger partial charge in [-0.3, -0.25) is 4.79 Å². The van der Waals surface area contributed by atoms with E-state index in [-0.39, 0.29) is 22.9 Å². The minimum absolute atomic E-state index is 0.0581. The van der Waals surface area contributed by atoms with Crippen LogP contribution in [0.1, 0.15) is 16.1 Å². The first-order valence-corrected chi connectivity index (χ1v) is 7.37. The Labute approximate surface area is 117 Å². The van der Waals surface area contributed by atoms with Crippen LogP contribution in [0.2, 0.25) is 0 Å². The van der Waals surface area contributed by atoms with E-state index in [4.69, 9.17) is 4.74 Å². The standard InChI is InChI=1S/C11H13F2NO3S2/c12-10(13)19-7-1-4-18-8(7)9(15)14-5-11(16)2-3-17-6-11/h1,4,10,16H,2-3,5-6H2,(H,14,15)/t11-/m0/s1. The first kappa shape index (κ1) is 14.7. The second kappa shape index (κ2) is 6.17. The van der Waals surface area contributed by atoms with Gasteiger partial charge in [0.05, 0.1) is 6.61 Å². The van der Waals surface area contributed by atoms with Crippen LogP contribution in [-0.4, -0.2) is 42.1 Å². The zero-order valence-corrected chi connectivity index (χ0v) is 11.5. The van der Waals surface area contributed by atoms with Gasteiger partial charge in [0.15, 0.2) is 0 Å². The van der Waals surface area contributed by atoms with Crippen molar-refractivity contribution in [2.75, 3.05) is 19.8 Å². The lowest BCUT2D eigenvalue weighted by molar-refractivity contribution is 0.0265. The first-order valence-electron chi connectivity index (χ1n) is 5.61. The lowest BCUT2D eigenvalue weighted by atomic mass is 10.0. The Morgan fingerprint density at radius 3 is 3.11 bits per heavy atom. The number of hydrogen-bond acceptors (Lipinski definition) is 5. The molecule has 0 bridgehead atoms. The lowest BCUT2D eigenvalue weighted by Gasteiger charge is -2.20. The van der Waals surface area contributed by atoms with Crippen molar-refractivity contribution in [3.63, 3.8) is 0 Å². The number of rotatable bonds is 5. The molecule has 1 aromatic heterocycles. The van der Waals surface area contributed by atoms with E-state index in [0.29, 0.717) is 24.8 Å². The van der Waals surface area contributed by atoms with Crippen molar-refractivity contribution in [1.29, 1.82) is 0 Å². The number of aliphatic hydroxyl groups is 1. The van der Waals surface area contributed by atoms with Crippen molar-refractivity contribution in [1.82, 2.24) is 5.32 Å². The Morgan fingerprint density at radius 1 is 1.68 bits per heavy atom. The summed E-state index contributed by atoms with van der Waals surface area (Å²) < 4.78 is 29.7. The highest BCUT2D eigenvalue weighted by molar-refractivity contribution is 7.99. The van der Waals surface area contributed by atoms with Gasteiger partial charge in [-0.25, -0.2) is 0 Å². The molecule has 0 aliphatic carbocycles. The minimum Gasteiger partial charge on any atom is -0.386 e. The molecule has 106 valence electrons. The Balaban J connectivity index is 1.94. The van der Waals surface area contributed by atoms with Crippen LogP contribution in [-0.2, 0) is 4.74 Å². The summed E-state index contributed by atoms with van der Waals surface area (Å²) in [4.78, 5) is 12.4. The maximum absolute atomic E-state index is 12.3. The predicted octanol–water partition coefficient (Wildman–Crippen LogP) is 1.94. The van der Waals surface area contributed by atoms with Gasteiger partial charge in [-0.2, -0.15) is 8.78 Å². The summed E-state index contributed by atoms with van der Waals surface area (Å²) in [5, 5.41) is 14.1. The third-order valence-electron chi connectivity index (χ3n) is 2.71. The molecule has 2 rings (SSSR count). The molecule has 1 aliphatic rings. The lowest BCUT2D eigenvalue weighted by Crippen LogP contribution is -2.43. The van der Waals surface area contributed by atoms with Gasteiger partial charge in [0.25, 0.3) is 11.7 Å². The molecule has 1 atom stereocenters. The number of carbonyl (C=O) groups excluding carboxylic acids is 1. The summed E-state index contributed by atoms with van der Waals surface area (Å²) in [6.07, 6.45) is 0.455. The Morgan fingerprint density at radius 2 is 2.47 bits per heavy atom. The quantitative estimate of drug-likeness (QED) is 0.816. The molecule has 2 heterocycles.